The van der Waals surface area contributed by atoms with Gasteiger partial charge in [0.15, 0.2) is 0 Å². The van der Waals surface area contributed by atoms with Crippen molar-refractivity contribution in [2.75, 3.05) is 20.3 Å². The van der Waals surface area contributed by atoms with Gasteiger partial charge in [0, 0.05) is 15.8 Å². The van der Waals surface area contributed by atoms with Crippen LogP contribution in [0.5, 0.6) is 5.75 Å². The average Bonchev–Trinajstić information content (AvgIpc) is 2.72. The monoisotopic (exact) mass is 382 g/mol. The highest BCUT2D eigenvalue weighted by Gasteiger charge is 2.07. The van der Waals surface area contributed by atoms with Crippen molar-refractivity contribution in [3.63, 3.8) is 0 Å². The molecule has 0 amide bonds. The van der Waals surface area contributed by atoms with Crippen LogP contribution in [0, 0.1) is 0 Å². The molecule has 0 aliphatic heterocycles. The van der Waals surface area contributed by atoms with E-state index in [-0.39, 0.29) is 19.2 Å². The van der Waals surface area contributed by atoms with Crippen LogP contribution in [0.3, 0.4) is 0 Å². The summed E-state index contributed by atoms with van der Waals surface area (Å²) in [5.74, 6) is 0.321. The van der Waals surface area contributed by atoms with E-state index >= 15 is 0 Å². The van der Waals surface area contributed by atoms with Gasteiger partial charge >= 0.3 is 5.97 Å². The summed E-state index contributed by atoms with van der Waals surface area (Å²) >= 11 is 6.23. The highest BCUT2D eigenvalue weighted by Crippen LogP contribution is 2.31. The molecule has 5 heteroatoms. The number of halogens is 1. The van der Waals surface area contributed by atoms with E-state index in [1.807, 2.05) is 36.4 Å². The first-order valence-corrected chi connectivity index (χ1v) is 8.79. The largest absolute Gasteiger partial charge is 0.489 e. The van der Waals surface area contributed by atoms with Crippen LogP contribution in [0.1, 0.15) is 15.9 Å². The van der Waals surface area contributed by atoms with Crippen molar-refractivity contribution in [1.29, 1.82) is 0 Å². The normalized spacial score (nSPS) is 11.4. The Labute approximate surface area is 162 Å². The molecule has 0 saturated heterocycles. The summed E-state index contributed by atoms with van der Waals surface area (Å²) < 4.78 is 10.6. The fraction of sp³-hybridized carbons (Fsp3) is 0.136. The molecule has 0 aliphatic carbocycles. The van der Waals surface area contributed by atoms with Crippen LogP contribution in [0.4, 0.5) is 0 Å². The topological polar surface area (TPSA) is 55.8 Å². The lowest BCUT2D eigenvalue weighted by Gasteiger charge is -2.12. The van der Waals surface area contributed by atoms with Gasteiger partial charge in [0.1, 0.15) is 12.4 Å². The number of ether oxygens (including phenoxy) is 2. The van der Waals surface area contributed by atoms with Crippen molar-refractivity contribution in [2.45, 2.75) is 0 Å². The molecule has 3 aromatic rings. The number of hydrogen-bond acceptors (Lipinski definition) is 4. The predicted molar refractivity (Wildman–Crippen MR) is 107 cm³/mol. The molecular formula is C22H19ClO4. The van der Waals surface area contributed by atoms with Crippen molar-refractivity contribution < 1.29 is 19.4 Å². The summed E-state index contributed by atoms with van der Waals surface area (Å²) in [5, 5.41) is 12.2. The van der Waals surface area contributed by atoms with Crippen molar-refractivity contribution >= 4 is 34.4 Å². The summed E-state index contributed by atoms with van der Waals surface area (Å²) in [6.45, 7) is 0.102. The van der Waals surface area contributed by atoms with E-state index in [9.17, 15) is 9.90 Å². The molecular weight excluding hydrogens is 364 g/mol. The third-order valence-electron chi connectivity index (χ3n) is 4.15. The Balaban J connectivity index is 1.77. The number of carbonyl (C=O) groups excluding carboxylic acids is 1. The molecule has 0 aromatic heterocycles. The van der Waals surface area contributed by atoms with Gasteiger partial charge in [0.2, 0.25) is 0 Å². The van der Waals surface area contributed by atoms with Crippen LogP contribution in [0.15, 0.2) is 66.2 Å². The number of carbonyl (C=O) groups is 1. The number of fused-ring (bicyclic) bond motifs is 1. The lowest BCUT2D eigenvalue weighted by Crippen LogP contribution is -2.05. The Morgan fingerprint density at radius 1 is 1.04 bits per heavy atom. The smallest absolute Gasteiger partial charge is 0.337 e. The van der Waals surface area contributed by atoms with E-state index in [1.54, 1.807) is 30.3 Å². The molecule has 0 aliphatic rings. The minimum Gasteiger partial charge on any atom is -0.489 e. The Morgan fingerprint density at radius 2 is 1.74 bits per heavy atom. The number of aliphatic hydroxyl groups is 1. The zero-order valence-electron chi connectivity index (χ0n) is 14.8. The first-order valence-electron chi connectivity index (χ1n) is 8.41. The van der Waals surface area contributed by atoms with Crippen LogP contribution in [0.2, 0.25) is 5.02 Å². The second-order valence-corrected chi connectivity index (χ2v) is 6.36. The number of hydrogen-bond donors (Lipinski definition) is 1. The maximum atomic E-state index is 11.5. The molecule has 1 N–H and O–H groups in total. The predicted octanol–water partition coefficient (Wildman–Crippen LogP) is 4.73. The van der Waals surface area contributed by atoms with Crippen LogP contribution in [0.25, 0.3) is 16.8 Å². The molecule has 3 aromatic carbocycles. The fourth-order valence-corrected chi connectivity index (χ4v) is 2.96. The van der Waals surface area contributed by atoms with Gasteiger partial charge in [-0.3, -0.25) is 0 Å². The summed E-state index contributed by atoms with van der Waals surface area (Å²) in [4.78, 5) is 11.5. The van der Waals surface area contributed by atoms with E-state index in [4.69, 9.17) is 16.3 Å². The third-order valence-corrected chi connectivity index (χ3v) is 4.48. The molecule has 0 bridgehead atoms. The minimum absolute atomic E-state index is 0.135. The third kappa shape index (κ3) is 4.48. The molecule has 4 nitrogen and oxygen atoms in total. The zero-order chi connectivity index (χ0) is 19.2. The number of methoxy groups -OCH3 is 1. The standard InChI is InChI=1S/C22H19ClO4/c1-26-22(25)17-8-6-15(7-9-17)12-16(13-24)14-27-21-11-10-20(23)18-4-2-3-5-19(18)21/h2-12,24H,13-14H2,1H3. The van der Waals surface area contributed by atoms with Crippen molar-refractivity contribution in [3.8, 4) is 5.75 Å². The Hall–Kier alpha value is -2.82. The zero-order valence-corrected chi connectivity index (χ0v) is 15.6. The summed E-state index contributed by atoms with van der Waals surface area (Å²) in [5.41, 5.74) is 2.04. The van der Waals surface area contributed by atoms with Crippen molar-refractivity contribution in [2.24, 2.45) is 0 Å². The summed E-state index contributed by atoms with van der Waals surface area (Å²) in [6, 6.07) is 18.3. The Kier molecular flexibility index (Phi) is 6.12. The number of aliphatic hydroxyl groups excluding tert-OH is 1. The lowest BCUT2D eigenvalue weighted by molar-refractivity contribution is 0.0600. The Morgan fingerprint density at radius 3 is 2.41 bits per heavy atom. The second-order valence-electron chi connectivity index (χ2n) is 5.95. The summed E-state index contributed by atoms with van der Waals surface area (Å²) in [7, 11) is 1.35. The molecule has 0 radical (unpaired) electrons. The van der Waals surface area contributed by atoms with E-state index in [0.717, 1.165) is 16.3 Å². The lowest BCUT2D eigenvalue weighted by atomic mass is 10.1. The quantitative estimate of drug-likeness (QED) is 0.626. The Bertz CT molecular complexity index is 977. The second kappa shape index (κ2) is 8.71. The van der Waals surface area contributed by atoms with E-state index < -0.39 is 0 Å². The van der Waals surface area contributed by atoms with Crippen LogP contribution in [-0.2, 0) is 4.74 Å². The first kappa shape index (κ1) is 19.0. The van der Waals surface area contributed by atoms with Crippen LogP contribution in [-0.4, -0.2) is 31.4 Å². The number of esters is 1. The SMILES string of the molecule is COC(=O)c1ccc(C=C(CO)COc2ccc(Cl)c3ccccc23)cc1. The molecule has 3 rings (SSSR count). The number of rotatable bonds is 6. The van der Waals surface area contributed by atoms with Gasteiger partial charge in [0.05, 0.1) is 19.3 Å². The van der Waals surface area contributed by atoms with Gasteiger partial charge in [-0.2, -0.15) is 0 Å². The maximum Gasteiger partial charge on any atom is 0.337 e. The summed E-state index contributed by atoms with van der Waals surface area (Å²) in [6.07, 6.45) is 1.83. The molecule has 27 heavy (non-hydrogen) atoms. The fourth-order valence-electron chi connectivity index (χ4n) is 2.73. The van der Waals surface area contributed by atoms with Gasteiger partial charge in [-0.1, -0.05) is 54.1 Å². The van der Waals surface area contributed by atoms with Crippen LogP contribution >= 0.6 is 11.6 Å². The van der Waals surface area contributed by atoms with Gasteiger partial charge in [-0.25, -0.2) is 4.79 Å². The maximum absolute atomic E-state index is 11.5. The molecule has 0 unspecified atom stereocenters. The van der Waals surface area contributed by atoms with E-state index in [2.05, 4.69) is 4.74 Å². The highest BCUT2D eigenvalue weighted by molar-refractivity contribution is 6.35. The molecule has 0 fully saturated rings. The van der Waals surface area contributed by atoms with Gasteiger partial charge in [-0.15, -0.1) is 0 Å². The molecule has 0 atom stereocenters. The van der Waals surface area contributed by atoms with Gasteiger partial charge in [0.25, 0.3) is 0 Å². The van der Waals surface area contributed by atoms with Crippen molar-refractivity contribution in [1.82, 2.24) is 0 Å². The number of benzene rings is 3. The highest BCUT2D eigenvalue weighted by atomic mass is 35.5. The van der Waals surface area contributed by atoms with Gasteiger partial charge < -0.3 is 14.6 Å². The van der Waals surface area contributed by atoms with Crippen molar-refractivity contribution in [3.05, 3.63) is 82.4 Å². The first-order chi connectivity index (χ1) is 13.1. The molecule has 0 heterocycles. The molecule has 138 valence electrons. The average molecular weight is 383 g/mol. The van der Waals surface area contributed by atoms with E-state index in [0.29, 0.717) is 21.9 Å². The van der Waals surface area contributed by atoms with Gasteiger partial charge in [-0.05, 0) is 35.4 Å². The van der Waals surface area contributed by atoms with Crippen LogP contribution < -0.4 is 4.74 Å². The molecule has 0 spiro atoms. The minimum atomic E-state index is -0.383. The molecule has 0 saturated carbocycles. The van der Waals surface area contributed by atoms with E-state index in [1.165, 1.54) is 7.11 Å².